The molecule has 0 unspecified atom stereocenters. The van der Waals surface area contributed by atoms with Crippen LogP contribution in [0.4, 0.5) is 5.69 Å². The van der Waals surface area contributed by atoms with Gasteiger partial charge in [-0.1, -0.05) is 11.6 Å². The highest BCUT2D eigenvalue weighted by Crippen LogP contribution is 2.34. The lowest BCUT2D eigenvalue weighted by Crippen LogP contribution is -1.90. The molecule has 2 aromatic heterocycles. The first-order valence-corrected chi connectivity index (χ1v) is 7.25. The van der Waals surface area contributed by atoms with Crippen molar-refractivity contribution in [2.75, 3.05) is 0 Å². The Hall–Kier alpha value is -2.31. The highest BCUT2D eigenvalue weighted by atomic mass is 35.5. The zero-order valence-electron chi connectivity index (χ0n) is 10.4. The number of nitro benzene ring substituents is 1. The first kappa shape index (κ1) is 12.4. The Morgan fingerprint density at radius 2 is 1.95 bits per heavy atom. The van der Waals surface area contributed by atoms with E-state index in [0.29, 0.717) is 16.1 Å². The first-order chi connectivity index (χ1) is 10.1. The van der Waals surface area contributed by atoms with E-state index < -0.39 is 4.92 Å². The zero-order valence-corrected chi connectivity index (χ0v) is 12.0. The van der Waals surface area contributed by atoms with Crippen molar-refractivity contribution in [3.8, 4) is 0 Å². The van der Waals surface area contributed by atoms with Gasteiger partial charge in [0.15, 0.2) is 0 Å². The molecule has 4 rings (SSSR count). The number of hydrogen-bond donors (Lipinski definition) is 0. The van der Waals surface area contributed by atoms with Crippen LogP contribution in [0.5, 0.6) is 0 Å². The number of benzene rings is 2. The molecular formula is C14H6ClN3O2S. The van der Waals surface area contributed by atoms with Gasteiger partial charge in [-0.25, -0.2) is 9.97 Å². The van der Waals surface area contributed by atoms with Crippen molar-refractivity contribution in [3.63, 3.8) is 0 Å². The number of non-ortho nitro benzene ring substituents is 1. The van der Waals surface area contributed by atoms with E-state index in [1.165, 1.54) is 23.5 Å². The monoisotopic (exact) mass is 315 g/mol. The Kier molecular flexibility index (Phi) is 2.57. The fourth-order valence-corrected chi connectivity index (χ4v) is 3.57. The second-order valence-corrected chi connectivity index (χ2v) is 6.02. The molecule has 0 aliphatic carbocycles. The zero-order chi connectivity index (χ0) is 14.6. The normalized spacial score (nSPS) is 11.5. The van der Waals surface area contributed by atoms with Gasteiger partial charge in [0.05, 0.1) is 16.0 Å². The minimum atomic E-state index is -0.434. The summed E-state index contributed by atoms with van der Waals surface area (Å²) >= 11 is 7.51. The summed E-state index contributed by atoms with van der Waals surface area (Å²) in [5.74, 6) is 0. The smallest absolute Gasteiger partial charge is 0.258 e. The quantitative estimate of drug-likeness (QED) is 0.381. The molecule has 0 aliphatic rings. The van der Waals surface area contributed by atoms with Crippen molar-refractivity contribution in [1.82, 2.24) is 9.97 Å². The summed E-state index contributed by atoms with van der Waals surface area (Å²) in [5, 5.41) is 12.5. The highest BCUT2D eigenvalue weighted by Gasteiger charge is 2.12. The number of nitrogens with zero attached hydrogens (tertiary/aromatic N) is 3. The summed E-state index contributed by atoms with van der Waals surface area (Å²) in [6, 6.07) is 10.1. The van der Waals surface area contributed by atoms with E-state index in [2.05, 4.69) is 9.97 Å². The van der Waals surface area contributed by atoms with Crippen molar-refractivity contribution >= 4 is 60.1 Å². The third kappa shape index (κ3) is 1.91. The van der Waals surface area contributed by atoms with Crippen LogP contribution in [0, 0.1) is 10.1 Å². The fourth-order valence-electron chi connectivity index (χ4n) is 2.27. The average molecular weight is 316 g/mol. The van der Waals surface area contributed by atoms with Crippen LogP contribution >= 0.6 is 22.9 Å². The second kappa shape index (κ2) is 4.34. The number of thiophene rings is 1. The Morgan fingerprint density at radius 3 is 2.76 bits per heavy atom. The Balaban J connectivity index is 2.11. The van der Waals surface area contributed by atoms with Crippen LogP contribution in [0.2, 0.25) is 5.02 Å². The summed E-state index contributed by atoms with van der Waals surface area (Å²) in [6.45, 7) is 0. The fraction of sp³-hybridized carbons (Fsp3) is 0. The maximum Gasteiger partial charge on any atom is 0.271 e. The molecule has 5 nitrogen and oxygen atoms in total. The standard InChI is InChI=1S/C14H6ClN3O2S/c15-7-1-3-9-12(5-7)21-14-13(9)16-11-6-8(18(19)20)2-4-10(11)17-14/h1-6H. The van der Waals surface area contributed by atoms with E-state index in [-0.39, 0.29) is 5.69 Å². The molecule has 0 spiro atoms. The van der Waals surface area contributed by atoms with Crippen LogP contribution in [-0.2, 0) is 0 Å². The topological polar surface area (TPSA) is 68.9 Å². The van der Waals surface area contributed by atoms with Crippen LogP contribution < -0.4 is 0 Å². The molecule has 7 heteroatoms. The largest absolute Gasteiger partial charge is 0.271 e. The summed E-state index contributed by atoms with van der Waals surface area (Å²) in [4.78, 5) is 20.3. The number of aromatic nitrogens is 2. The van der Waals surface area contributed by atoms with Gasteiger partial charge >= 0.3 is 0 Å². The lowest BCUT2D eigenvalue weighted by atomic mass is 10.2. The van der Waals surface area contributed by atoms with Gasteiger partial charge in [0.2, 0.25) is 0 Å². The number of nitro groups is 1. The molecule has 0 aliphatic heterocycles. The van der Waals surface area contributed by atoms with Crippen molar-refractivity contribution in [2.24, 2.45) is 0 Å². The maximum atomic E-state index is 10.9. The van der Waals surface area contributed by atoms with E-state index in [9.17, 15) is 10.1 Å². The van der Waals surface area contributed by atoms with E-state index in [4.69, 9.17) is 11.6 Å². The molecule has 0 radical (unpaired) electrons. The van der Waals surface area contributed by atoms with Gasteiger partial charge in [-0.15, -0.1) is 11.3 Å². The van der Waals surface area contributed by atoms with Crippen LogP contribution in [0.25, 0.3) is 31.5 Å². The van der Waals surface area contributed by atoms with Crippen molar-refractivity contribution in [3.05, 3.63) is 51.5 Å². The molecule has 0 saturated carbocycles. The van der Waals surface area contributed by atoms with Gasteiger partial charge in [-0.05, 0) is 24.3 Å². The SMILES string of the molecule is O=[N+]([O-])c1ccc2nc3sc4cc(Cl)ccc4c3nc2c1. The maximum absolute atomic E-state index is 10.9. The molecule has 2 aromatic carbocycles. The summed E-state index contributed by atoms with van der Waals surface area (Å²) in [6.07, 6.45) is 0. The second-order valence-electron chi connectivity index (χ2n) is 4.55. The third-order valence-corrected chi connectivity index (χ3v) is 4.50. The van der Waals surface area contributed by atoms with Crippen LogP contribution in [0.1, 0.15) is 0 Å². The van der Waals surface area contributed by atoms with Crippen molar-refractivity contribution in [1.29, 1.82) is 0 Å². The summed E-state index contributed by atoms with van der Waals surface area (Å²) in [7, 11) is 0. The summed E-state index contributed by atoms with van der Waals surface area (Å²) in [5.41, 5.74) is 1.93. The first-order valence-electron chi connectivity index (χ1n) is 6.06. The Labute approximate surface area is 127 Å². The molecule has 0 bridgehead atoms. The van der Waals surface area contributed by atoms with E-state index in [1.807, 2.05) is 12.1 Å². The van der Waals surface area contributed by atoms with E-state index >= 15 is 0 Å². The molecule has 0 N–H and O–H groups in total. The van der Waals surface area contributed by atoms with Crippen molar-refractivity contribution < 1.29 is 4.92 Å². The number of rotatable bonds is 1. The molecule has 0 fully saturated rings. The third-order valence-electron chi connectivity index (χ3n) is 3.23. The minimum absolute atomic E-state index is 0.0127. The highest BCUT2D eigenvalue weighted by molar-refractivity contribution is 7.25. The number of hydrogen-bond acceptors (Lipinski definition) is 5. The van der Waals surface area contributed by atoms with Gasteiger partial charge < -0.3 is 0 Å². The molecule has 102 valence electrons. The van der Waals surface area contributed by atoms with E-state index in [1.54, 1.807) is 12.1 Å². The number of halogens is 1. The van der Waals surface area contributed by atoms with Crippen LogP contribution in [0.3, 0.4) is 0 Å². The lowest BCUT2D eigenvalue weighted by molar-refractivity contribution is -0.384. The molecular weight excluding hydrogens is 310 g/mol. The van der Waals surface area contributed by atoms with Crippen LogP contribution in [0.15, 0.2) is 36.4 Å². The van der Waals surface area contributed by atoms with Gasteiger partial charge in [-0.3, -0.25) is 10.1 Å². The Bertz CT molecular complexity index is 1040. The molecule has 2 heterocycles. The minimum Gasteiger partial charge on any atom is -0.258 e. The lowest BCUT2D eigenvalue weighted by Gasteiger charge is -1.97. The Morgan fingerprint density at radius 1 is 1.10 bits per heavy atom. The average Bonchev–Trinajstić information content (AvgIpc) is 2.80. The molecule has 0 saturated heterocycles. The predicted molar refractivity (Wildman–Crippen MR) is 84.1 cm³/mol. The van der Waals surface area contributed by atoms with E-state index in [0.717, 1.165) is 20.4 Å². The molecule has 21 heavy (non-hydrogen) atoms. The summed E-state index contributed by atoms with van der Waals surface area (Å²) < 4.78 is 1.00. The van der Waals surface area contributed by atoms with Gasteiger partial charge in [0.1, 0.15) is 10.3 Å². The number of fused-ring (bicyclic) bond motifs is 4. The molecule has 0 atom stereocenters. The van der Waals surface area contributed by atoms with Gasteiger partial charge in [0.25, 0.3) is 5.69 Å². The predicted octanol–water partition coefficient (Wildman–Crippen LogP) is 4.56. The molecule has 0 amide bonds. The molecule has 4 aromatic rings. The van der Waals surface area contributed by atoms with Gasteiger partial charge in [-0.2, -0.15) is 0 Å². The van der Waals surface area contributed by atoms with Gasteiger partial charge in [0, 0.05) is 27.2 Å². The van der Waals surface area contributed by atoms with Crippen LogP contribution in [-0.4, -0.2) is 14.9 Å². The van der Waals surface area contributed by atoms with Crippen molar-refractivity contribution in [2.45, 2.75) is 0 Å².